The molecule has 2 N–H and O–H groups in total. The van der Waals surface area contributed by atoms with Crippen molar-refractivity contribution in [2.24, 2.45) is 0 Å². The summed E-state index contributed by atoms with van der Waals surface area (Å²) < 4.78 is 23.1. The summed E-state index contributed by atoms with van der Waals surface area (Å²) in [4.78, 5) is 25.1. The number of quaternary nitrogens is 1. The number of carbonyl (C=O) groups excluding carboxylic acids is 1. The minimum absolute atomic E-state index is 0.00174. The second kappa shape index (κ2) is 33.1. The maximum atomic E-state index is 12.8. The van der Waals surface area contributed by atoms with Crippen molar-refractivity contribution in [1.29, 1.82) is 0 Å². The van der Waals surface area contributed by atoms with Crippen LogP contribution in [0.1, 0.15) is 187 Å². The number of nitrogens with zero attached hydrogens (tertiary/aromatic N) is 1. The Kier molecular flexibility index (Phi) is 32.6. The molecule has 0 bridgehead atoms. The van der Waals surface area contributed by atoms with E-state index >= 15 is 0 Å². The van der Waals surface area contributed by atoms with Gasteiger partial charge in [-0.05, 0) is 19.3 Å². The number of hydrogen-bond acceptors (Lipinski definition) is 6. The van der Waals surface area contributed by atoms with Crippen LogP contribution in [-0.4, -0.2) is 68.5 Å². The van der Waals surface area contributed by atoms with E-state index in [-0.39, 0.29) is 19.1 Å². The maximum absolute atomic E-state index is 12.8. The van der Waals surface area contributed by atoms with Crippen molar-refractivity contribution in [3.8, 4) is 0 Å². The summed E-state index contributed by atoms with van der Waals surface area (Å²) in [5.74, 6) is -0.199. The molecule has 3 atom stereocenters. The normalized spacial score (nSPS) is 14.7. The zero-order valence-corrected chi connectivity index (χ0v) is 33.8. The zero-order chi connectivity index (χ0) is 36.5. The van der Waals surface area contributed by atoms with E-state index in [9.17, 15) is 19.4 Å². The molecule has 1 amide bonds. The van der Waals surface area contributed by atoms with Gasteiger partial charge in [0.05, 0.1) is 39.9 Å². The highest BCUT2D eigenvalue weighted by molar-refractivity contribution is 7.45. The maximum Gasteiger partial charge on any atom is 0.268 e. The van der Waals surface area contributed by atoms with Gasteiger partial charge in [0.15, 0.2) is 0 Å². The van der Waals surface area contributed by atoms with Gasteiger partial charge in [-0.2, -0.15) is 0 Å². The van der Waals surface area contributed by atoms with Gasteiger partial charge >= 0.3 is 0 Å². The third-order valence-electron chi connectivity index (χ3n) is 9.25. The number of unbranched alkanes of at least 4 members (excludes halogenated alkanes) is 24. The van der Waals surface area contributed by atoms with Crippen LogP contribution in [0, 0.1) is 0 Å². The topological polar surface area (TPSA) is 108 Å². The number of nitrogens with one attached hydrogen (secondary N) is 1. The van der Waals surface area contributed by atoms with Gasteiger partial charge in [-0.25, -0.2) is 0 Å². The van der Waals surface area contributed by atoms with Crippen LogP contribution in [0.25, 0.3) is 0 Å². The van der Waals surface area contributed by atoms with E-state index in [1.165, 1.54) is 128 Å². The fourth-order valence-corrected chi connectivity index (χ4v) is 6.64. The summed E-state index contributed by atoms with van der Waals surface area (Å²) in [6, 6.07) is -0.878. The zero-order valence-electron chi connectivity index (χ0n) is 32.9. The molecule has 0 aliphatic carbocycles. The lowest BCUT2D eigenvalue weighted by molar-refractivity contribution is -0.870. The monoisotopic (exact) mass is 717 g/mol. The first-order valence-corrected chi connectivity index (χ1v) is 22.0. The van der Waals surface area contributed by atoms with Gasteiger partial charge in [0.1, 0.15) is 13.2 Å². The Morgan fingerprint density at radius 1 is 0.694 bits per heavy atom. The number of allylic oxidation sites excluding steroid dienone is 1. The number of likely N-dealkylation sites (N-methyl/N-ethyl adjacent to an activating group) is 1. The van der Waals surface area contributed by atoms with Crippen LogP contribution in [0.5, 0.6) is 0 Å². The minimum Gasteiger partial charge on any atom is -0.756 e. The van der Waals surface area contributed by atoms with Gasteiger partial charge in [0.2, 0.25) is 5.91 Å². The first kappa shape index (κ1) is 48.2. The summed E-state index contributed by atoms with van der Waals surface area (Å²) in [7, 11) is 1.27. The lowest BCUT2D eigenvalue weighted by Crippen LogP contribution is -2.45. The van der Waals surface area contributed by atoms with Gasteiger partial charge in [-0.1, -0.05) is 174 Å². The lowest BCUT2D eigenvalue weighted by Gasteiger charge is -2.29. The van der Waals surface area contributed by atoms with Crippen LogP contribution >= 0.6 is 7.82 Å². The molecule has 0 aromatic carbocycles. The summed E-state index contributed by atoms with van der Waals surface area (Å²) in [5, 5.41) is 13.7. The molecule has 0 radical (unpaired) electrons. The number of hydrogen-bond donors (Lipinski definition) is 2. The van der Waals surface area contributed by atoms with Crippen molar-refractivity contribution in [3.05, 3.63) is 12.2 Å². The van der Waals surface area contributed by atoms with Crippen molar-refractivity contribution in [1.82, 2.24) is 5.32 Å². The fourth-order valence-electron chi connectivity index (χ4n) is 5.92. The van der Waals surface area contributed by atoms with Crippen LogP contribution in [0.2, 0.25) is 0 Å². The highest BCUT2D eigenvalue weighted by atomic mass is 31.2. The Hall–Kier alpha value is -0.760. The van der Waals surface area contributed by atoms with Gasteiger partial charge < -0.3 is 28.8 Å². The molecule has 0 heterocycles. The molecule has 0 aromatic heterocycles. The second-order valence-electron chi connectivity index (χ2n) is 15.4. The first-order valence-electron chi connectivity index (χ1n) is 20.6. The number of phosphoric acid groups is 1. The lowest BCUT2D eigenvalue weighted by atomic mass is 10.0. The molecule has 0 spiro atoms. The molecular formula is C40H81N2O6P. The number of rotatable bonds is 37. The van der Waals surface area contributed by atoms with Gasteiger partial charge in [0, 0.05) is 6.42 Å². The molecule has 9 heteroatoms. The number of amides is 1. The molecule has 0 saturated heterocycles. The Morgan fingerprint density at radius 2 is 1.10 bits per heavy atom. The fraction of sp³-hybridized carbons (Fsp3) is 0.925. The molecular weight excluding hydrogens is 635 g/mol. The molecule has 0 fully saturated rings. The molecule has 0 aliphatic heterocycles. The van der Waals surface area contributed by atoms with Crippen molar-refractivity contribution in [2.75, 3.05) is 40.9 Å². The third-order valence-corrected chi connectivity index (χ3v) is 10.2. The minimum atomic E-state index is -4.57. The molecule has 292 valence electrons. The van der Waals surface area contributed by atoms with E-state index in [0.717, 1.165) is 38.5 Å². The van der Waals surface area contributed by atoms with Crippen LogP contribution in [0.4, 0.5) is 0 Å². The number of phosphoric ester groups is 1. The van der Waals surface area contributed by atoms with Crippen LogP contribution < -0.4 is 10.2 Å². The van der Waals surface area contributed by atoms with Crippen molar-refractivity contribution in [2.45, 2.75) is 199 Å². The van der Waals surface area contributed by atoms with E-state index in [2.05, 4.69) is 19.2 Å². The number of aliphatic hydroxyl groups excluding tert-OH is 1. The van der Waals surface area contributed by atoms with Crippen molar-refractivity contribution >= 4 is 13.7 Å². The van der Waals surface area contributed by atoms with Gasteiger partial charge in [-0.15, -0.1) is 0 Å². The summed E-state index contributed by atoms with van der Waals surface area (Å²) in [5.41, 5.74) is 0. The highest BCUT2D eigenvalue weighted by Gasteiger charge is 2.23. The van der Waals surface area contributed by atoms with E-state index in [1.807, 2.05) is 27.2 Å². The summed E-state index contributed by atoms with van der Waals surface area (Å²) in [6.07, 6.45) is 35.4. The third kappa shape index (κ3) is 35.4. The standard InChI is InChI=1S/C40H81N2O6P/c1-6-8-10-12-14-16-18-19-20-21-22-23-24-25-27-29-31-33-39(43)38(37-48-49(45,46)47-36-35-42(3,4)5)41-40(44)34-32-30-28-26-17-15-13-11-9-7-2/h31,33,38-39,43H,6-30,32,34-37H2,1-5H3,(H-,41,44,45,46)/b33-31+/t38-,39+/m1/s1. The average Bonchev–Trinajstić information content (AvgIpc) is 3.04. The highest BCUT2D eigenvalue weighted by Crippen LogP contribution is 2.38. The molecule has 8 nitrogen and oxygen atoms in total. The van der Waals surface area contributed by atoms with E-state index < -0.39 is 20.0 Å². The predicted molar refractivity (Wildman–Crippen MR) is 205 cm³/mol. The molecule has 1 unspecified atom stereocenters. The second-order valence-corrected chi connectivity index (χ2v) is 16.8. The molecule has 0 aromatic rings. The summed E-state index contributed by atoms with van der Waals surface area (Å²) in [6.45, 7) is 4.63. The number of carbonyl (C=O) groups is 1. The van der Waals surface area contributed by atoms with Gasteiger partial charge in [-0.3, -0.25) is 9.36 Å². The predicted octanol–water partition coefficient (Wildman–Crippen LogP) is 10.2. The van der Waals surface area contributed by atoms with Crippen molar-refractivity contribution < 1.29 is 32.9 Å². The van der Waals surface area contributed by atoms with Gasteiger partial charge in [0.25, 0.3) is 7.82 Å². The SMILES string of the molecule is CCCCCCCCCCCCCCCCC/C=C/[C@H](O)[C@@H](COP(=O)([O-])OCC[N+](C)(C)C)NC(=O)CCCCCCCCCCCC. The van der Waals surface area contributed by atoms with Crippen molar-refractivity contribution in [3.63, 3.8) is 0 Å². The molecule has 49 heavy (non-hydrogen) atoms. The van der Waals surface area contributed by atoms with Crippen LogP contribution in [-0.2, 0) is 18.4 Å². The quantitative estimate of drug-likeness (QED) is 0.0287. The molecule has 0 saturated carbocycles. The molecule has 0 aliphatic rings. The van der Waals surface area contributed by atoms with Crippen LogP contribution in [0.15, 0.2) is 12.2 Å². The number of aliphatic hydroxyl groups is 1. The average molecular weight is 717 g/mol. The first-order chi connectivity index (χ1) is 23.5. The Morgan fingerprint density at radius 3 is 1.53 bits per heavy atom. The Bertz CT molecular complexity index is 819. The Labute approximate surface area is 303 Å². The van der Waals surface area contributed by atoms with E-state index in [4.69, 9.17) is 9.05 Å². The molecule has 0 rings (SSSR count). The van der Waals surface area contributed by atoms with E-state index in [0.29, 0.717) is 17.4 Å². The smallest absolute Gasteiger partial charge is 0.268 e. The van der Waals surface area contributed by atoms with E-state index in [1.54, 1.807) is 6.08 Å². The largest absolute Gasteiger partial charge is 0.756 e. The van der Waals surface area contributed by atoms with Crippen LogP contribution in [0.3, 0.4) is 0 Å². The summed E-state index contributed by atoms with van der Waals surface area (Å²) >= 11 is 0. The Balaban J connectivity index is 4.44.